The van der Waals surface area contributed by atoms with Gasteiger partial charge >= 0.3 is 0 Å². The van der Waals surface area contributed by atoms with Gasteiger partial charge in [-0.3, -0.25) is 4.99 Å². The van der Waals surface area contributed by atoms with E-state index in [1.165, 1.54) is 12.8 Å². The summed E-state index contributed by atoms with van der Waals surface area (Å²) in [6, 6.07) is 1.84. The molecular weight excluding hydrogens is 367 g/mol. The van der Waals surface area contributed by atoms with Crippen LogP contribution in [0.25, 0.3) is 0 Å². The fourth-order valence-electron chi connectivity index (χ4n) is 2.21. The van der Waals surface area contributed by atoms with Crippen LogP contribution in [0.4, 0.5) is 5.95 Å². The first-order valence-electron chi connectivity index (χ1n) is 6.90. The maximum atomic E-state index is 6.03. The summed E-state index contributed by atoms with van der Waals surface area (Å²) >= 11 is 0. The molecule has 20 heavy (non-hydrogen) atoms. The van der Waals surface area contributed by atoms with Crippen LogP contribution in [-0.2, 0) is 0 Å². The van der Waals surface area contributed by atoms with E-state index in [2.05, 4.69) is 24.8 Å². The molecule has 6 nitrogen and oxygen atoms in total. The Morgan fingerprint density at radius 2 is 1.85 bits per heavy atom. The zero-order chi connectivity index (χ0) is 13.1. The Hall–Kier alpha value is -1.12. The van der Waals surface area contributed by atoms with Crippen molar-refractivity contribution in [1.82, 2.24) is 14.9 Å². The second kappa shape index (κ2) is 7.05. The second-order valence-corrected chi connectivity index (χ2v) is 5.17. The van der Waals surface area contributed by atoms with Crippen LogP contribution in [0.15, 0.2) is 23.5 Å². The normalized spacial score (nSPS) is 19.7. The highest BCUT2D eigenvalue weighted by Crippen LogP contribution is 2.28. The van der Waals surface area contributed by atoms with Crippen LogP contribution >= 0.6 is 24.0 Å². The largest absolute Gasteiger partial charge is 0.370 e. The van der Waals surface area contributed by atoms with E-state index in [0.29, 0.717) is 5.96 Å². The number of nitrogens with two attached hydrogens (primary N) is 1. The molecule has 0 atom stereocenters. The first kappa shape index (κ1) is 15.3. The number of aliphatic imine (C=N–C) groups is 1. The van der Waals surface area contributed by atoms with Crippen molar-refractivity contribution in [3.05, 3.63) is 18.5 Å². The van der Waals surface area contributed by atoms with E-state index in [1.807, 2.05) is 6.07 Å². The minimum Gasteiger partial charge on any atom is -0.370 e. The van der Waals surface area contributed by atoms with Crippen molar-refractivity contribution in [2.24, 2.45) is 16.6 Å². The van der Waals surface area contributed by atoms with Crippen molar-refractivity contribution in [2.75, 3.05) is 37.6 Å². The van der Waals surface area contributed by atoms with E-state index in [0.717, 1.165) is 44.6 Å². The number of guanidine groups is 1. The molecule has 110 valence electrons. The molecule has 0 bridgehead atoms. The van der Waals surface area contributed by atoms with Crippen molar-refractivity contribution in [1.29, 1.82) is 0 Å². The van der Waals surface area contributed by atoms with Crippen LogP contribution in [-0.4, -0.2) is 53.6 Å². The van der Waals surface area contributed by atoms with Gasteiger partial charge in [0, 0.05) is 45.1 Å². The Balaban J connectivity index is 0.00000147. The maximum Gasteiger partial charge on any atom is 0.225 e. The van der Waals surface area contributed by atoms with Crippen molar-refractivity contribution in [3.8, 4) is 0 Å². The lowest BCUT2D eigenvalue weighted by atomic mass is 10.3. The minimum absolute atomic E-state index is 0. The fraction of sp³-hybridized carbons (Fsp3) is 0.615. The van der Waals surface area contributed by atoms with Gasteiger partial charge in [-0.1, -0.05) is 0 Å². The average molecular weight is 388 g/mol. The third-order valence-corrected chi connectivity index (χ3v) is 3.65. The minimum atomic E-state index is 0. The number of nitrogens with zero attached hydrogens (tertiary/aromatic N) is 5. The predicted molar refractivity (Wildman–Crippen MR) is 90.4 cm³/mol. The molecule has 1 aromatic heterocycles. The van der Waals surface area contributed by atoms with E-state index < -0.39 is 0 Å². The zero-order valence-corrected chi connectivity index (χ0v) is 13.8. The Labute approximate surface area is 136 Å². The van der Waals surface area contributed by atoms with Gasteiger partial charge < -0.3 is 15.5 Å². The molecule has 1 saturated heterocycles. The van der Waals surface area contributed by atoms with Crippen LogP contribution in [0.2, 0.25) is 0 Å². The number of aromatic nitrogens is 2. The lowest BCUT2D eigenvalue weighted by Crippen LogP contribution is -2.51. The molecule has 0 spiro atoms. The Kier molecular flexibility index (Phi) is 5.38. The molecule has 0 amide bonds. The lowest BCUT2D eigenvalue weighted by molar-refractivity contribution is 0.378. The van der Waals surface area contributed by atoms with Gasteiger partial charge in [0.05, 0.1) is 0 Å². The Morgan fingerprint density at radius 1 is 1.20 bits per heavy atom. The summed E-state index contributed by atoms with van der Waals surface area (Å²) in [6.45, 7) is 4.46. The maximum absolute atomic E-state index is 6.03. The first-order chi connectivity index (χ1) is 9.33. The van der Waals surface area contributed by atoms with Gasteiger partial charge in [-0.25, -0.2) is 9.97 Å². The Morgan fingerprint density at radius 3 is 2.45 bits per heavy atom. The number of piperazine rings is 1. The quantitative estimate of drug-likeness (QED) is 0.474. The first-order valence-corrected chi connectivity index (χ1v) is 6.90. The Bertz CT molecular complexity index is 439. The third kappa shape index (κ3) is 3.94. The van der Waals surface area contributed by atoms with Crippen LogP contribution < -0.4 is 10.6 Å². The molecule has 2 N–H and O–H groups in total. The fourth-order valence-corrected chi connectivity index (χ4v) is 2.21. The molecule has 0 radical (unpaired) electrons. The molecule has 1 aromatic rings. The molecule has 2 fully saturated rings. The molecule has 1 aliphatic carbocycles. The smallest absolute Gasteiger partial charge is 0.225 e. The van der Waals surface area contributed by atoms with Gasteiger partial charge in [-0.05, 0) is 24.8 Å². The van der Waals surface area contributed by atoms with E-state index >= 15 is 0 Å². The third-order valence-electron chi connectivity index (χ3n) is 3.65. The van der Waals surface area contributed by atoms with Gasteiger partial charge in [0.25, 0.3) is 0 Å². The van der Waals surface area contributed by atoms with E-state index in [4.69, 9.17) is 5.73 Å². The van der Waals surface area contributed by atoms with Crippen molar-refractivity contribution >= 4 is 35.9 Å². The van der Waals surface area contributed by atoms with Gasteiger partial charge in [0.1, 0.15) is 0 Å². The summed E-state index contributed by atoms with van der Waals surface area (Å²) in [5.74, 6) is 2.29. The highest BCUT2D eigenvalue weighted by molar-refractivity contribution is 14.0. The average Bonchev–Trinajstić information content (AvgIpc) is 3.30. The zero-order valence-electron chi connectivity index (χ0n) is 11.5. The van der Waals surface area contributed by atoms with Crippen molar-refractivity contribution in [2.45, 2.75) is 12.8 Å². The highest BCUT2D eigenvalue weighted by Gasteiger charge is 2.22. The summed E-state index contributed by atoms with van der Waals surface area (Å²) in [5, 5.41) is 0. The molecule has 1 saturated carbocycles. The number of halogens is 1. The summed E-state index contributed by atoms with van der Waals surface area (Å²) in [7, 11) is 0. The number of rotatable bonds is 3. The highest BCUT2D eigenvalue weighted by atomic mass is 127. The van der Waals surface area contributed by atoms with E-state index in [-0.39, 0.29) is 24.0 Å². The topological polar surface area (TPSA) is 70.6 Å². The van der Waals surface area contributed by atoms with Crippen LogP contribution in [0, 0.1) is 5.92 Å². The molecule has 7 heteroatoms. The number of hydrogen-bond acceptors (Lipinski definition) is 4. The molecule has 3 rings (SSSR count). The van der Waals surface area contributed by atoms with Crippen molar-refractivity contribution in [3.63, 3.8) is 0 Å². The number of anilines is 1. The standard InChI is InChI=1S/C13H20N6.HI/c14-12(17-10-11-2-3-11)18-6-8-19(9-7-18)13-15-4-1-5-16-13;/h1,4-5,11H,2-3,6-10H2,(H2,14,17);1H. The second-order valence-electron chi connectivity index (χ2n) is 5.17. The van der Waals surface area contributed by atoms with E-state index in [1.54, 1.807) is 12.4 Å². The van der Waals surface area contributed by atoms with Gasteiger partial charge in [-0.2, -0.15) is 0 Å². The SMILES string of the molecule is I.NC(=NCC1CC1)N1CCN(c2ncccn2)CC1. The van der Waals surface area contributed by atoms with Crippen LogP contribution in [0.1, 0.15) is 12.8 Å². The van der Waals surface area contributed by atoms with Crippen molar-refractivity contribution < 1.29 is 0 Å². The number of hydrogen-bond donors (Lipinski definition) is 1. The molecule has 0 aromatic carbocycles. The lowest BCUT2D eigenvalue weighted by Gasteiger charge is -2.35. The molecule has 1 aliphatic heterocycles. The molecule has 2 aliphatic rings. The molecule has 0 unspecified atom stereocenters. The monoisotopic (exact) mass is 388 g/mol. The van der Waals surface area contributed by atoms with Gasteiger partial charge in [-0.15, -0.1) is 24.0 Å². The molecule has 2 heterocycles. The summed E-state index contributed by atoms with van der Waals surface area (Å²) in [4.78, 5) is 17.4. The van der Waals surface area contributed by atoms with Crippen LogP contribution in [0.3, 0.4) is 0 Å². The summed E-state index contributed by atoms with van der Waals surface area (Å²) in [6.07, 6.45) is 6.19. The molecular formula is C13H21IN6. The van der Waals surface area contributed by atoms with E-state index in [9.17, 15) is 0 Å². The predicted octanol–water partition coefficient (Wildman–Crippen LogP) is 0.941. The summed E-state index contributed by atoms with van der Waals surface area (Å²) < 4.78 is 0. The van der Waals surface area contributed by atoms with Crippen LogP contribution in [0.5, 0.6) is 0 Å². The van der Waals surface area contributed by atoms with Gasteiger partial charge in [0.15, 0.2) is 5.96 Å². The van der Waals surface area contributed by atoms with Gasteiger partial charge in [0.2, 0.25) is 5.95 Å². The summed E-state index contributed by atoms with van der Waals surface area (Å²) in [5.41, 5.74) is 6.03.